The Morgan fingerprint density at radius 1 is 0.739 bits per heavy atom. The van der Waals surface area contributed by atoms with Crippen molar-refractivity contribution in [2.75, 3.05) is 0 Å². The molecule has 2 aromatic carbocycles. The Morgan fingerprint density at radius 2 is 1.17 bits per heavy atom. The summed E-state index contributed by atoms with van der Waals surface area (Å²) >= 11 is 0. The number of aromatic hydroxyl groups is 1. The van der Waals surface area contributed by atoms with Crippen molar-refractivity contribution in [3.63, 3.8) is 0 Å². The van der Waals surface area contributed by atoms with Crippen LogP contribution in [0, 0.1) is 0 Å². The second-order valence-electron chi connectivity index (χ2n) is 7.76. The van der Waals surface area contributed by atoms with Crippen LogP contribution in [0.1, 0.15) is 65.5 Å². The number of hydrogen-bond acceptors (Lipinski definition) is 1. The number of rotatable bonds is 5. The van der Waals surface area contributed by atoms with Gasteiger partial charge in [-0.05, 0) is 46.9 Å². The quantitative estimate of drug-likeness (QED) is 0.674. The summed E-state index contributed by atoms with van der Waals surface area (Å²) in [5, 5.41) is 11.0. The van der Waals surface area contributed by atoms with E-state index in [2.05, 4.69) is 77.9 Å². The highest BCUT2D eigenvalue weighted by Crippen LogP contribution is 2.44. The van der Waals surface area contributed by atoms with Crippen molar-refractivity contribution in [3.05, 3.63) is 53.6 Å². The average Bonchev–Trinajstić information content (AvgIpc) is 2.55. The second kappa shape index (κ2) is 6.39. The Labute approximate surface area is 141 Å². The van der Waals surface area contributed by atoms with Gasteiger partial charge in [-0.1, -0.05) is 71.9 Å². The van der Waals surface area contributed by atoms with Crippen LogP contribution in [0.4, 0.5) is 0 Å². The minimum absolute atomic E-state index is 0.0482. The highest BCUT2D eigenvalue weighted by atomic mass is 16.3. The fourth-order valence-corrected chi connectivity index (χ4v) is 2.84. The molecule has 1 N–H and O–H groups in total. The Balaban J connectivity index is 2.76. The van der Waals surface area contributed by atoms with Crippen molar-refractivity contribution in [2.45, 2.75) is 65.2 Å². The molecule has 23 heavy (non-hydrogen) atoms. The number of hydrogen-bond donors (Lipinski definition) is 1. The van der Waals surface area contributed by atoms with E-state index in [0.717, 1.165) is 24.0 Å². The topological polar surface area (TPSA) is 20.2 Å². The summed E-state index contributed by atoms with van der Waals surface area (Å²) in [6.45, 7) is 13.2. The Bertz CT molecular complexity index is 629. The highest BCUT2D eigenvalue weighted by Gasteiger charge is 2.29. The lowest BCUT2D eigenvalue weighted by Gasteiger charge is -2.31. The van der Waals surface area contributed by atoms with E-state index in [-0.39, 0.29) is 10.8 Å². The zero-order valence-electron chi connectivity index (χ0n) is 15.4. The van der Waals surface area contributed by atoms with Gasteiger partial charge in [0.15, 0.2) is 0 Å². The first kappa shape index (κ1) is 17.6. The van der Waals surface area contributed by atoms with Crippen LogP contribution in [0.5, 0.6) is 5.75 Å². The second-order valence-corrected chi connectivity index (χ2v) is 7.76. The van der Waals surface area contributed by atoms with Crippen molar-refractivity contribution in [1.82, 2.24) is 0 Å². The summed E-state index contributed by atoms with van der Waals surface area (Å²) < 4.78 is 0. The third-order valence-electron chi connectivity index (χ3n) is 5.44. The number of benzene rings is 2. The normalized spacial score (nSPS) is 12.4. The molecule has 0 fully saturated rings. The van der Waals surface area contributed by atoms with E-state index in [1.54, 1.807) is 0 Å². The van der Waals surface area contributed by atoms with Crippen LogP contribution in [0.2, 0.25) is 0 Å². The molecule has 0 aromatic heterocycles. The monoisotopic (exact) mass is 310 g/mol. The molecule has 2 rings (SSSR count). The van der Waals surface area contributed by atoms with Crippen molar-refractivity contribution < 1.29 is 5.11 Å². The highest BCUT2D eigenvalue weighted by molar-refractivity contribution is 5.69. The standard InChI is InChI=1S/C22H30O/c1-7-21(3,4)18-14-17(16-12-10-9-11-13-16)15-19(20(18)23)22(5,6)8-2/h9-15,23H,7-8H2,1-6H3. The molecule has 1 nitrogen and oxygen atoms in total. The smallest absolute Gasteiger partial charge is 0.123 e. The van der Waals surface area contributed by atoms with Gasteiger partial charge in [-0.15, -0.1) is 0 Å². The fourth-order valence-electron chi connectivity index (χ4n) is 2.84. The molecule has 0 saturated carbocycles. The van der Waals surface area contributed by atoms with Gasteiger partial charge in [0.1, 0.15) is 5.75 Å². The summed E-state index contributed by atoms with van der Waals surface area (Å²) in [7, 11) is 0. The van der Waals surface area contributed by atoms with E-state index in [1.807, 2.05) is 6.07 Å². The van der Waals surface area contributed by atoms with E-state index in [1.165, 1.54) is 11.1 Å². The van der Waals surface area contributed by atoms with Gasteiger partial charge in [0.2, 0.25) is 0 Å². The van der Waals surface area contributed by atoms with Crippen LogP contribution in [-0.2, 0) is 10.8 Å². The SMILES string of the molecule is CCC(C)(C)c1cc(-c2ccccc2)cc(C(C)(C)CC)c1O. The molecule has 0 spiro atoms. The first-order valence-corrected chi connectivity index (χ1v) is 8.66. The first-order chi connectivity index (χ1) is 10.7. The van der Waals surface area contributed by atoms with Gasteiger partial charge < -0.3 is 5.11 Å². The maximum absolute atomic E-state index is 11.0. The Kier molecular flexibility index (Phi) is 4.89. The maximum Gasteiger partial charge on any atom is 0.123 e. The van der Waals surface area contributed by atoms with Crippen molar-refractivity contribution >= 4 is 0 Å². The largest absolute Gasteiger partial charge is 0.507 e. The molecule has 0 amide bonds. The predicted octanol–water partition coefficient (Wildman–Crippen LogP) is 6.43. The van der Waals surface area contributed by atoms with Gasteiger partial charge in [0, 0.05) is 11.1 Å². The average molecular weight is 310 g/mol. The van der Waals surface area contributed by atoms with Crippen LogP contribution in [0.25, 0.3) is 11.1 Å². The Hall–Kier alpha value is -1.76. The molecular formula is C22H30O. The van der Waals surface area contributed by atoms with E-state index in [0.29, 0.717) is 5.75 Å². The zero-order chi connectivity index (χ0) is 17.3. The molecule has 0 aliphatic heterocycles. The van der Waals surface area contributed by atoms with Crippen molar-refractivity contribution in [1.29, 1.82) is 0 Å². The van der Waals surface area contributed by atoms with Gasteiger partial charge in [-0.2, -0.15) is 0 Å². The summed E-state index contributed by atoms with van der Waals surface area (Å²) in [5.41, 5.74) is 4.40. The van der Waals surface area contributed by atoms with E-state index in [9.17, 15) is 5.11 Å². The summed E-state index contributed by atoms with van der Waals surface area (Å²) in [4.78, 5) is 0. The van der Waals surface area contributed by atoms with Crippen LogP contribution in [-0.4, -0.2) is 5.11 Å². The molecule has 0 atom stereocenters. The molecule has 124 valence electrons. The van der Waals surface area contributed by atoms with Gasteiger partial charge in [-0.3, -0.25) is 0 Å². The molecule has 0 radical (unpaired) electrons. The van der Waals surface area contributed by atoms with Crippen LogP contribution in [0.15, 0.2) is 42.5 Å². The van der Waals surface area contributed by atoms with Gasteiger partial charge in [-0.25, -0.2) is 0 Å². The lowest BCUT2D eigenvalue weighted by Crippen LogP contribution is -2.21. The molecular weight excluding hydrogens is 280 g/mol. The molecule has 1 heteroatoms. The van der Waals surface area contributed by atoms with Crippen molar-refractivity contribution in [2.24, 2.45) is 0 Å². The van der Waals surface area contributed by atoms with E-state index in [4.69, 9.17) is 0 Å². The third kappa shape index (κ3) is 3.44. The number of phenolic OH excluding ortho intramolecular Hbond substituents is 1. The maximum atomic E-state index is 11.0. The van der Waals surface area contributed by atoms with Gasteiger partial charge in [0.05, 0.1) is 0 Å². The van der Waals surface area contributed by atoms with Crippen LogP contribution < -0.4 is 0 Å². The molecule has 0 heterocycles. The predicted molar refractivity (Wildman–Crippen MR) is 100 cm³/mol. The molecule has 0 aliphatic rings. The van der Waals surface area contributed by atoms with E-state index < -0.39 is 0 Å². The molecule has 0 bridgehead atoms. The zero-order valence-corrected chi connectivity index (χ0v) is 15.4. The minimum Gasteiger partial charge on any atom is -0.507 e. The van der Waals surface area contributed by atoms with Gasteiger partial charge >= 0.3 is 0 Å². The molecule has 0 unspecified atom stereocenters. The molecule has 2 aromatic rings. The lowest BCUT2D eigenvalue weighted by molar-refractivity contribution is 0.400. The summed E-state index contributed by atoms with van der Waals surface area (Å²) in [6, 6.07) is 14.8. The van der Waals surface area contributed by atoms with Crippen LogP contribution in [0.3, 0.4) is 0 Å². The summed E-state index contributed by atoms with van der Waals surface area (Å²) in [5.74, 6) is 0.475. The minimum atomic E-state index is -0.0482. The Morgan fingerprint density at radius 3 is 1.57 bits per heavy atom. The third-order valence-corrected chi connectivity index (χ3v) is 5.44. The lowest BCUT2D eigenvalue weighted by atomic mass is 9.74. The first-order valence-electron chi connectivity index (χ1n) is 8.66. The van der Waals surface area contributed by atoms with Crippen LogP contribution >= 0.6 is 0 Å². The van der Waals surface area contributed by atoms with E-state index >= 15 is 0 Å². The van der Waals surface area contributed by atoms with Gasteiger partial charge in [0.25, 0.3) is 0 Å². The summed E-state index contributed by atoms with van der Waals surface area (Å²) in [6.07, 6.45) is 1.98. The van der Waals surface area contributed by atoms with Crippen molar-refractivity contribution in [3.8, 4) is 16.9 Å². The molecule has 0 aliphatic carbocycles. The number of phenols is 1. The fraction of sp³-hybridized carbons (Fsp3) is 0.455. The molecule has 0 saturated heterocycles.